The number of anilines is 1. The number of H-pyrrole nitrogens is 1. The molecule has 0 amide bonds. The minimum absolute atomic E-state index is 0.191. The van der Waals surface area contributed by atoms with Gasteiger partial charge in [0.2, 0.25) is 0 Å². The standard InChI is InChI=1S/C29H35FN6O3S/c1-3-5-26-25(27(37)36(33-26)24-12-8-22(30)9-13-24)20-31-14-15-34-16-18-35(19-17-34)29(40)32-23-10-6-21(7-11-23)28(38)39-4-2/h6-13,20,33H,3-5,14-19H2,1-2H3,(H,32,40). The third-order valence-corrected chi connectivity index (χ3v) is 7.02. The Morgan fingerprint density at radius 3 is 2.45 bits per heavy atom. The summed E-state index contributed by atoms with van der Waals surface area (Å²) in [5.41, 5.74) is 3.09. The summed E-state index contributed by atoms with van der Waals surface area (Å²) in [6.07, 6.45) is 3.26. The monoisotopic (exact) mass is 566 g/mol. The topological polar surface area (TPSA) is 95.0 Å². The van der Waals surface area contributed by atoms with Gasteiger partial charge in [-0.3, -0.25) is 19.8 Å². The fourth-order valence-electron chi connectivity index (χ4n) is 4.48. The summed E-state index contributed by atoms with van der Waals surface area (Å²) in [6.45, 7) is 8.80. The van der Waals surface area contributed by atoms with Gasteiger partial charge in [-0.25, -0.2) is 13.9 Å². The van der Waals surface area contributed by atoms with Gasteiger partial charge in [0.15, 0.2) is 5.11 Å². The van der Waals surface area contributed by atoms with E-state index in [1.165, 1.54) is 16.8 Å². The van der Waals surface area contributed by atoms with E-state index in [-0.39, 0.29) is 17.3 Å². The number of aromatic nitrogens is 2. The number of ether oxygens (including phenoxy) is 1. The highest BCUT2D eigenvalue weighted by atomic mass is 32.1. The van der Waals surface area contributed by atoms with Gasteiger partial charge in [0.05, 0.1) is 30.0 Å². The predicted molar refractivity (Wildman–Crippen MR) is 159 cm³/mol. The number of nitrogens with one attached hydrogen (secondary N) is 2. The third kappa shape index (κ3) is 7.42. The van der Waals surface area contributed by atoms with Crippen molar-refractivity contribution in [1.29, 1.82) is 0 Å². The van der Waals surface area contributed by atoms with Gasteiger partial charge in [-0.2, -0.15) is 0 Å². The Hall–Kier alpha value is -3.83. The highest BCUT2D eigenvalue weighted by Gasteiger charge is 2.19. The minimum Gasteiger partial charge on any atom is -0.462 e. The van der Waals surface area contributed by atoms with Crippen LogP contribution in [-0.2, 0) is 11.2 Å². The molecule has 40 heavy (non-hydrogen) atoms. The molecule has 0 unspecified atom stereocenters. The molecule has 0 bridgehead atoms. The van der Waals surface area contributed by atoms with Crippen LogP contribution in [-0.4, -0.2) is 82.8 Å². The van der Waals surface area contributed by atoms with Crippen LogP contribution in [0.25, 0.3) is 5.69 Å². The largest absolute Gasteiger partial charge is 0.462 e. The smallest absolute Gasteiger partial charge is 0.338 e. The molecule has 0 aliphatic carbocycles. The van der Waals surface area contributed by atoms with E-state index in [9.17, 15) is 14.0 Å². The lowest BCUT2D eigenvalue weighted by Gasteiger charge is -2.36. The maximum atomic E-state index is 13.3. The van der Waals surface area contributed by atoms with E-state index in [4.69, 9.17) is 17.0 Å². The van der Waals surface area contributed by atoms with Gasteiger partial charge in [0.1, 0.15) is 5.82 Å². The molecule has 9 nitrogen and oxygen atoms in total. The number of piperazine rings is 1. The van der Waals surface area contributed by atoms with Crippen molar-refractivity contribution in [3.05, 3.63) is 81.5 Å². The van der Waals surface area contributed by atoms with E-state index in [0.29, 0.717) is 35.1 Å². The van der Waals surface area contributed by atoms with Crippen molar-refractivity contribution in [3.8, 4) is 5.69 Å². The fourth-order valence-corrected chi connectivity index (χ4v) is 4.78. The number of thiocarbonyl (C=S) groups is 1. The number of nitrogens with zero attached hydrogens (tertiary/aromatic N) is 4. The maximum Gasteiger partial charge on any atom is 0.338 e. The van der Waals surface area contributed by atoms with Crippen molar-refractivity contribution in [2.75, 3.05) is 51.2 Å². The Bertz CT molecular complexity index is 1380. The first-order valence-corrected chi connectivity index (χ1v) is 14.0. The molecule has 4 rings (SSSR count). The zero-order chi connectivity index (χ0) is 28.5. The van der Waals surface area contributed by atoms with Crippen molar-refractivity contribution in [1.82, 2.24) is 19.6 Å². The first-order chi connectivity index (χ1) is 19.4. The van der Waals surface area contributed by atoms with E-state index in [1.54, 1.807) is 37.4 Å². The molecule has 2 aromatic carbocycles. The zero-order valence-electron chi connectivity index (χ0n) is 22.9. The molecule has 0 radical (unpaired) electrons. The number of aliphatic imine (C=N–C) groups is 1. The molecule has 1 aliphatic heterocycles. The molecule has 11 heteroatoms. The molecule has 2 heterocycles. The molecule has 1 saturated heterocycles. The van der Waals surface area contributed by atoms with Gasteiger partial charge >= 0.3 is 5.97 Å². The fraction of sp³-hybridized carbons (Fsp3) is 0.379. The number of aromatic amines is 1. The first kappa shape index (κ1) is 29.2. The number of esters is 1. The molecule has 1 aromatic heterocycles. The minimum atomic E-state index is -0.347. The Balaban J connectivity index is 1.26. The number of carbonyl (C=O) groups is 1. The van der Waals surface area contributed by atoms with Crippen LogP contribution in [0, 0.1) is 5.82 Å². The second kappa shape index (κ2) is 14.0. The highest BCUT2D eigenvalue weighted by molar-refractivity contribution is 7.80. The molecular weight excluding hydrogens is 531 g/mol. The van der Waals surface area contributed by atoms with Crippen LogP contribution in [0.1, 0.15) is 41.9 Å². The summed E-state index contributed by atoms with van der Waals surface area (Å²) in [5.74, 6) is -0.686. The summed E-state index contributed by atoms with van der Waals surface area (Å²) in [5, 5.41) is 7.05. The highest BCUT2D eigenvalue weighted by Crippen LogP contribution is 2.13. The average Bonchev–Trinajstić information content (AvgIpc) is 3.27. The molecule has 2 N–H and O–H groups in total. The second-order valence-electron chi connectivity index (χ2n) is 9.46. The van der Waals surface area contributed by atoms with Gasteiger partial charge in [-0.15, -0.1) is 0 Å². The Kier molecular flexibility index (Phi) is 10.2. The van der Waals surface area contributed by atoms with E-state index < -0.39 is 0 Å². The lowest BCUT2D eigenvalue weighted by atomic mass is 10.2. The van der Waals surface area contributed by atoms with Crippen LogP contribution >= 0.6 is 12.2 Å². The summed E-state index contributed by atoms with van der Waals surface area (Å²) < 4.78 is 19.8. The summed E-state index contributed by atoms with van der Waals surface area (Å²) >= 11 is 5.60. The van der Waals surface area contributed by atoms with Crippen LogP contribution in [0.5, 0.6) is 0 Å². The van der Waals surface area contributed by atoms with Crippen LogP contribution < -0.4 is 10.9 Å². The lowest BCUT2D eigenvalue weighted by molar-refractivity contribution is 0.0526. The van der Waals surface area contributed by atoms with E-state index in [0.717, 1.165) is 56.9 Å². The van der Waals surface area contributed by atoms with E-state index >= 15 is 0 Å². The predicted octanol–water partition coefficient (Wildman–Crippen LogP) is 3.87. The van der Waals surface area contributed by atoms with Crippen molar-refractivity contribution in [3.63, 3.8) is 0 Å². The van der Waals surface area contributed by atoms with Crippen molar-refractivity contribution in [2.45, 2.75) is 26.7 Å². The average molecular weight is 567 g/mol. The molecule has 0 spiro atoms. The van der Waals surface area contributed by atoms with Gasteiger partial charge in [0.25, 0.3) is 5.56 Å². The van der Waals surface area contributed by atoms with Crippen molar-refractivity contribution >= 4 is 35.2 Å². The molecular formula is C29H35FN6O3S. The SMILES string of the molecule is CCCc1[nH]n(-c2ccc(F)cc2)c(=O)c1C=NCCN1CCN(C(=S)Nc2ccc(C(=O)OCC)cc2)CC1. The normalized spacial score (nSPS) is 14.0. The summed E-state index contributed by atoms with van der Waals surface area (Å²) in [4.78, 5) is 33.9. The Labute approximate surface area is 238 Å². The molecule has 0 saturated carbocycles. The Morgan fingerprint density at radius 1 is 1.10 bits per heavy atom. The number of benzene rings is 2. The summed E-state index contributed by atoms with van der Waals surface area (Å²) in [7, 11) is 0. The maximum absolute atomic E-state index is 13.3. The zero-order valence-corrected chi connectivity index (χ0v) is 23.7. The van der Waals surface area contributed by atoms with Crippen LogP contribution in [0.4, 0.5) is 10.1 Å². The van der Waals surface area contributed by atoms with Gasteiger partial charge < -0.3 is 15.0 Å². The number of hydrogen-bond donors (Lipinski definition) is 2. The van der Waals surface area contributed by atoms with Crippen LogP contribution in [0.3, 0.4) is 0 Å². The third-order valence-electron chi connectivity index (χ3n) is 6.66. The molecule has 212 valence electrons. The number of rotatable bonds is 10. The molecule has 3 aromatic rings. The quantitative estimate of drug-likeness (QED) is 0.219. The molecule has 1 aliphatic rings. The van der Waals surface area contributed by atoms with E-state index in [2.05, 4.69) is 32.1 Å². The molecule has 1 fully saturated rings. The van der Waals surface area contributed by atoms with Gasteiger partial charge in [-0.1, -0.05) is 13.3 Å². The lowest BCUT2D eigenvalue weighted by Crippen LogP contribution is -2.50. The van der Waals surface area contributed by atoms with E-state index in [1.807, 2.05) is 12.1 Å². The van der Waals surface area contributed by atoms with Crippen LogP contribution in [0.2, 0.25) is 0 Å². The van der Waals surface area contributed by atoms with Crippen molar-refractivity contribution < 1.29 is 13.9 Å². The van der Waals surface area contributed by atoms with Crippen LogP contribution in [0.15, 0.2) is 58.3 Å². The number of hydrogen-bond acceptors (Lipinski definition) is 6. The summed E-state index contributed by atoms with van der Waals surface area (Å²) in [6, 6.07) is 12.9. The van der Waals surface area contributed by atoms with Crippen molar-refractivity contribution in [2.24, 2.45) is 4.99 Å². The van der Waals surface area contributed by atoms with Gasteiger partial charge in [0, 0.05) is 50.3 Å². The second-order valence-corrected chi connectivity index (χ2v) is 9.85. The number of aryl methyl sites for hydroxylation is 1. The molecule has 0 atom stereocenters. The Morgan fingerprint density at radius 2 is 1.80 bits per heavy atom. The van der Waals surface area contributed by atoms with Gasteiger partial charge in [-0.05, 0) is 74.1 Å². The number of halogens is 1. The first-order valence-electron chi connectivity index (χ1n) is 13.5. The number of carbonyl (C=O) groups excluding carboxylic acids is 1.